The predicted molar refractivity (Wildman–Crippen MR) is 87.5 cm³/mol. The van der Waals surface area contributed by atoms with E-state index in [-0.39, 0.29) is 29.2 Å². The molecule has 1 amide bonds. The number of hydrogen-bond donors (Lipinski definition) is 1. The first kappa shape index (κ1) is 17.3. The summed E-state index contributed by atoms with van der Waals surface area (Å²) in [7, 11) is 0. The molecule has 2 aromatic rings. The number of amides is 1. The fraction of sp³-hybridized carbons (Fsp3) is 0.500. The zero-order valence-electron chi connectivity index (χ0n) is 13.6. The first-order valence-electron chi connectivity index (χ1n) is 8.29. The Balaban J connectivity index is 1.32. The summed E-state index contributed by atoms with van der Waals surface area (Å²) in [5.74, 6) is -0.382. The second-order valence-electron chi connectivity index (χ2n) is 6.53. The van der Waals surface area contributed by atoms with Crippen molar-refractivity contribution in [3.63, 3.8) is 0 Å². The molecule has 1 N–H and O–H groups in total. The lowest BCUT2D eigenvalue weighted by molar-refractivity contribution is -0.138. The molecule has 26 heavy (non-hydrogen) atoms. The van der Waals surface area contributed by atoms with E-state index in [0.717, 1.165) is 18.9 Å². The molecule has 2 aliphatic carbocycles. The molecule has 0 aliphatic heterocycles. The van der Waals surface area contributed by atoms with Crippen molar-refractivity contribution in [3.05, 3.63) is 35.4 Å². The van der Waals surface area contributed by atoms with Crippen LogP contribution in [0.5, 0.6) is 0 Å². The van der Waals surface area contributed by atoms with Gasteiger partial charge in [-0.15, -0.1) is 5.10 Å². The molecule has 1 aromatic heterocycles. The van der Waals surface area contributed by atoms with Crippen LogP contribution in [0.2, 0.25) is 0 Å². The van der Waals surface area contributed by atoms with E-state index in [1.54, 1.807) is 10.7 Å². The lowest BCUT2D eigenvalue weighted by atomic mass is 10.0. The van der Waals surface area contributed by atoms with Crippen molar-refractivity contribution >= 4 is 17.7 Å². The highest BCUT2D eigenvalue weighted by molar-refractivity contribution is 7.99. The molecule has 0 bridgehead atoms. The smallest absolute Gasteiger partial charge is 0.352 e. The van der Waals surface area contributed by atoms with Gasteiger partial charge in [0.05, 0.1) is 17.4 Å². The number of nitrogens with one attached hydrogen (secondary N) is 1. The van der Waals surface area contributed by atoms with Gasteiger partial charge in [0, 0.05) is 12.0 Å². The summed E-state index contributed by atoms with van der Waals surface area (Å²) < 4.78 is 41.0. The number of nitrogens with zero attached hydrogens (tertiary/aromatic N) is 4. The monoisotopic (exact) mass is 383 g/mol. The van der Waals surface area contributed by atoms with Crippen LogP contribution in [-0.2, 0) is 11.0 Å². The lowest BCUT2D eigenvalue weighted by Gasteiger charge is -2.12. The van der Waals surface area contributed by atoms with Crippen LogP contribution in [-0.4, -0.2) is 37.9 Å². The van der Waals surface area contributed by atoms with Crippen LogP contribution < -0.4 is 5.32 Å². The Morgan fingerprint density at radius 1 is 1.31 bits per heavy atom. The van der Waals surface area contributed by atoms with Gasteiger partial charge in [0.25, 0.3) is 0 Å². The summed E-state index contributed by atoms with van der Waals surface area (Å²) in [5.41, 5.74) is -0.379. The topological polar surface area (TPSA) is 72.7 Å². The molecule has 2 atom stereocenters. The molecular weight excluding hydrogens is 367 g/mol. The third-order valence-electron chi connectivity index (χ3n) is 4.49. The zero-order chi connectivity index (χ0) is 18.3. The van der Waals surface area contributed by atoms with Crippen molar-refractivity contribution in [2.45, 2.75) is 48.6 Å². The minimum atomic E-state index is -4.39. The molecule has 10 heteroatoms. The summed E-state index contributed by atoms with van der Waals surface area (Å²) in [6.45, 7) is 0. The second kappa shape index (κ2) is 6.57. The van der Waals surface area contributed by atoms with Crippen molar-refractivity contribution in [2.24, 2.45) is 0 Å². The van der Waals surface area contributed by atoms with Crippen molar-refractivity contribution < 1.29 is 18.0 Å². The SMILES string of the molecule is O=C(CSc1nnnn1C1CC1)N[C@@H]1C[C@H]1c1ccccc1C(F)(F)F. The van der Waals surface area contributed by atoms with Gasteiger partial charge in [-0.1, -0.05) is 30.0 Å². The average Bonchev–Trinajstić information content (AvgIpc) is 3.52. The van der Waals surface area contributed by atoms with Gasteiger partial charge in [-0.3, -0.25) is 4.79 Å². The quantitative estimate of drug-likeness (QED) is 0.777. The average molecular weight is 383 g/mol. The Morgan fingerprint density at radius 2 is 2.08 bits per heavy atom. The van der Waals surface area contributed by atoms with E-state index >= 15 is 0 Å². The molecule has 0 spiro atoms. The van der Waals surface area contributed by atoms with Gasteiger partial charge in [-0.05, 0) is 41.3 Å². The number of tetrazole rings is 1. The fourth-order valence-corrected chi connectivity index (χ4v) is 3.74. The van der Waals surface area contributed by atoms with Gasteiger partial charge in [-0.2, -0.15) is 13.2 Å². The van der Waals surface area contributed by atoms with Crippen molar-refractivity contribution in [1.29, 1.82) is 0 Å². The van der Waals surface area contributed by atoms with E-state index in [0.29, 0.717) is 17.6 Å². The third-order valence-corrected chi connectivity index (χ3v) is 5.42. The van der Waals surface area contributed by atoms with Crippen molar-refractivity contribution in [2.75, 3.05) is 5.75 Å². The molecule has 138 valence electrons. The number of benzene rings is 1. The minimum absolute atomic E-state index is 0.136. The summed E-state index contributed by atoms with van der Waals surface area (Å²) in [6.07, 6.45) is -1.80. The number of thioether (sulfide) groups is 1. The highest BCUT2D eigenvalue weighted by atomic mass is 32.2. The molecule has 0 unspecified atom stereocenters. The number of halogens is 3. The maximum absolute atomic E-state index is 13.1. The maximum Gasteiger partial charge on any atom is 0.416 e. The molecule has 0 radical (unpaired) electrons. The van der Waals surface area contributed by atoms with E-state index in [2.05, 4.69) is 20.8 Å². The zero-order valence-corrected chi connectivity index (χ0v) is 14.4. The number of hydrogen-bond acceptors (Lipinski definition) is 5. The van der Waals surface area contributed by atoms with Crippen molar-refractivity contribution in [1.82, 2.24) is 25.5 Å². The molecule has 2 aliphatic rings. The maximum atomic E-state index is 13.1. The Bertz CT molecular complexity index is 820. The largest absolute Gasteiger partial charge is 0.416 e. The number of alkyl halides is 3. The summed E-state index contributed by atoms with van der Waals surface area (Å²) in [4.78, 5) is 12.1. The second-order valence-corrected chi connectivity index (χ2v) is 7.47. The van der Waals surface area contributed by atoms with E-state index in [1.807, 2.05) is 0 Å². The van der Waals surface area contributed by atoms with Crippen molar-refractivity contribution in [3.8, 4) is 0 Å². The van der Waals surface area contributed by atoms with E-state index in [1.165, 1.54) is 23.9 Å². The normalized spacial score (nSPS) is 22.3. The van der Waals surface area contributed by atoms with Gasteiger partial charge in [-0.25, -0.2) is 4.68 Å². The standard InChI is InChI=1S/C16H16F3N5OS/c17-16(18,19)12-4-2-1-3-10(12)11-7-13(11)20-14(25)8-26-15-21-22-23-24(15)9-5-6-9/h1-4,9,11,13H,5-8H2,(H,20,25)/t11-,13+/m0/s1. The van der Waals surface area contributed by atoms with Crippen LogP contribution in [0.3, 0.4) is 0 Å². The van der Waals surface area contributed by atoms with Crippen LogP contribution in [0.4, 0.5) is 13.2 Å². The highest BCUT2D eigenvalue weighted by Gasteiger charge is 2.44. The minimum Gasteiger partial charge on any atom is -0.352 e. The molecule has 1 heterocycles. The molecule has 4 rings (SSSR count). The molecule has 2 saturated carbocycles. The summed E-state index contributed by atoms with van der Waals surface area (Å²) >= 11 is 1.24. The molecule has 0 saturated heterocycles. The Morgan fingerprint density at radius 3 is 2.81 bits per heavy atom. The number of aromatic nitrogens is 4. The van der Waals surface area contributed by atoms with E-state index < -0.39 is 11.7 Å². The highest BCUT2D eigenvalue weighted by Crippen LogP contribution is 2.46. The summed E-state index contributed by atoms with van der Waals surface area (Å²) in [6, 6.07) is 5.60. The van der Waals surface area contributed by atoms with Gasteiger partial charge < -0.3 is 5.32 Å². The lowest BCUT2D eigenvalue weighted by Crippen LogP contribution is -2.28. The number of carbonyl (C=O) groups is 1. The van der Waals surface area contributed by atoms with Gasteiger partial charge in [0.1, 0.15) is 0 Å². The fourth-order valence-electron chi connectivity index (χ4n) is 2.98. The summed E-state index contributed by atoms with van der Waals surface area (Å²) in [5, 5.41) is 14.8. The Labute approximate surface area is 151 Å². The van der Waals surface area contributed by atoms with Crippen LogP contribution in [0, 0.1) is 0 Å². The van der Waals surface area contributed by atoms with Gasteiger partial charge in [0.15, 0.2) is 0 Å². The first-order valence-corrected chi connectivity index (χ1v) is 9.28. The van der Waals surface area contributed by atoms with Gasteiger partial charge >= 0.3 is 6.18 Å². The number of carbonyl (C=O) groups excluding carboxylic acids is 1. The first-order chi connectivity index (χ1) is 12.4. The molecule has 6 nitrogen and oxygen atoms in total. The van der Waals surface area contributed by atoms with Crippen LogP contribution in [0.15, 0.2) is 29.4 Å². The van der Waals surface area contributed by atoms with Gasteiger partial charge in [0.2, 0.25) is 11.1 Å². The Hall–Kier alpha value is -2.10. The molecule has 2 fully saturated rings. The predicted octanol–water partition coefficient (Wildman–Crippen LogP) is 2.79. The number of rotatable bonds is 6. The Kier molecular flexibility index (Phi) is 4.37. The van der Waals surface area contributed by atoms with E-state index in [4.69, 9.17) is 0 Å². The third kappa shape index (κ3) is 3.69. The van der Waals surface area contributed by atoms with E-state index in [9.17, 15) is 18.0 Å². The molecule has 1 aromatic carbocycles. The van der Waals surface area contributed by atoms with Crippen LogP contribution in [0.25, 0.3) is 0 Å². The van der Waals surface area contributed by atoms with Crippen LogP contribution >= 0.6 is 11.8 Å². The van der Waals surface area contributed by atoms with Crippen LogP contribution in [0.1, 0.15) is 42.3 Å². The molecular formula is C16H16F3N5OS.